The maximum atomic E-state index is 12.2. The minimum atomic E-state index is -0.304. The molecule has 0 N–H and O–H groups in total. The molecule has 1 aliphatic rings. The number of hydrogen-bond donors (Lipinski definition) is 0. The van der Waals surface area contributed by atoms with E-state index in [1.165, 1.54) is 4.90 Å². The molecule has 0 saturated carbocycles. The summed E-state index contributed by atoms with van der Waals surface area (Å²) in [5, 5.41) is 0.700. The van der Waals surface area contributed by atoms with Crippen molar-refractivity contribution in [2.75, 3.05) is 13.2 Å². The summed E-state index contributed by atoms with van der Waals surface area (Å²) in [6.07, 6.45) is 0. The van der Waals surface area contributed by atoms with Gasteiger partial charge in [-0.25, -0.2) is 0 Å². The first kappa shape index (κ1) is 14.9. The van der Waals surface area contributed by atoms with E-state index in [2.05, 4.69) is 0 Å². The van der Waals surface area contributed by atoms with E-state index in [0.29, 0.717) is 26.9 Å². The second-order valence-electron chi connectivity index (χ2n) is 4.71. The van der Waals surface area contributed by atoms with E-state index >= 15 is 0 Å². The Morgan fingerprint density at radius 3 is 2.18 bits per heavy atom. The van der Waals surface area contributed by atoms with Crippen LogP contribution < -0.4 is 4.74 Å². The first-order chi connectivity index (χ1) is 10.6. The summed E-state index contributed by atoms with van der Waals surface area (Å²) in [6, 6.07) is 11.8. The van der Waals surface area contributed by atoms with E-state index in [1.807, 2.05) is 0 Å². The molecule has 4 nitrogen and oxygen atoms in total. The lowest BCUT2D eigenvalue weighted by Crippen LogP contribution is -2.33. The predicted octanol–water partition coefficient (Wildman–Crippen LogP) is 3.67. The van der Waals surface area contributed by atoms with Gasteiger partial charge >= 0.3 is 0 Å². The van der Waals surface area contributed by atoms with Crippen LogP contribution in [0.3, 0.4) is 0 Å². The van der Waals surface area contributed by atoms with Crippen molar-refractivity contribution in [3.05, 3.63) is 63.6 Å². The molecule has 0 atom stereocenters. The molecular formula is C16H11Cl2NO3. The molecule has 22 heavy (non-hydrogen) atoms. The number of imide groups is 1. The lowest BCUT2D eigenvalue weighted by atomic mass is 10.1. The third-order valence-electron chi connectivity index (χ3n) is 3.37. The van der Waals surface area contributed by atoms with Crippen molar-refractivity contribution < 1.29 is 14.3 Å². The van der Waals surface area contributed by atoms with Gasteiger partial charge in [0.05, 0.1) is 22.7 Å². The number of fused-ring (bicyclic) bond motifs is 1. The molecule has 1 heterocycles. The SMILES string of the molecule is O=C1c2ccccc2C(=O)N1CCOc1cccc(Cl)c1Cl. The van der Waals surface area contributed by atoms with E-state index in [9.17, 15) is 9.59 Å². The summed E-state index contributed by atoms with van der Waals surface area (Å²) in [5.41, 5.74) is 0.849. The zero-order chi connectivity index (χ0) is 15.7. The van der Waals surface area contributed by atoms with E-state index in [-0.39, 0.29) is 25.0 Å². The normalized spacial score (nSPS) is 13.5. The van der Waals surface area contributed by atoms with Gasteiger partial charge in [-0.1, -0.05) is 41.4 Å². The van der Waals surface area contributed by atoms with Crippen molar-refractivity contribution in [3.63, 3.8) is 0 Å². The molecule has 0 fully saturated rings. The van der Waals surface area contributed by atoms with Crippen LogP contribution in [0.25, 0.3) is 0 Å². The zero-order valence-electron chi connectivity index (χ0n) is 11.4. The van der Waals surface area contributed by atoms with Gasteiger partial charge in [0.25, 0.3) is 11.8 Å². The molecule has 0 aliphatic carbocycles. The smallest absolute Gasteiger partial charge is 0.261 e. The fourth-order valence-electron chi connectivity index (χ4n) is 2.28. The third kappa shape index (κ3) is 2.56. The van der Waals surface area contributed by atoms with Crippen molar-refractivity contribution in [2.24, 2.45) is 0 Å². The second-order valence-corrected chi connectivity index (χ2v) is 5.49. The Kier molecular flexibility index (Phi) is 4.05. The van der Waals surface area contributed by atoms with Gasteiger partial charge in [0.2, 0.25) is 0 Å². The van der Waals surface area contributed by atoms with Gasteiger partial charge in [0.1, 0.15) is 17.4 Å². The number of nitrogens with zero attached hydrogens (tertiary/aromatic N) is 1. The number of carbonyl (C=O) groups is 2. The second kappa shape index (κ2) is 5.99. The number of amides is 2. The number of rotatable bonds is 4. The van der Waals surface area contributed by atoms with Crippen LogP contribution >= 0.6 is 23.2 Å². The monoisotopic (exact) mass is 335 g/mol. The number of benzene rings is 2. The molecule has 0 aromatic heterocycles. The van der Waals surface area contributed by atoms with Crippen LogP contribution in [0.15, 0.2) is 42.5 Å². The number of halogens is 2. The zero-order valence-corrected chi connectivity index (χ0v) is 12.9. The van der Waals surface area contributed by atoms with Gasteiger partial charge in [-0.05, 0) is 24.3 Å². The highest BCUT2D eigenvalue weighted by Gasteiger charge is 2.34. The predicted molar refractivity (Wildman–Crippen MR) is 83.8 cm³/mol. The van der Waals surface area contributed by atoms with Gasteiger partial charge in [0.15, 0.2) is 0 Å². The maximum Gasteiger partial charge on any atom is 0.261 e. The minimum absolute atomic E-state index is 0.144. The Balaban J connectivity index is 1.67. The molecule has 0 radical (unpaired) electrons. The number of hydrogen-bond acceptors (Lipinski definition) is 3. The van der Waals surface area contributed by atoms with Crippen LogP contribution in [0.4, 0.5) is 0 Å². The van der Waals surface area contributed by atoms with Crippen LogP contribution in [-0.2, 0) is 0 Å². The Hall–Kier alpha value is -2.04. The van der Waals surface area contributed by atoms with Crippen LogP contribution in [-0.4, -0.2) is 29.9 Å². The largest absolute Gasteiger partial charge is 0.490 e. The lowest BCUT2D eigenvalue weighted by Gasteiger charge is -2.15. The Morgan fingerprint density at radius 2 is 1.55 bits per heavy atom. The maximum absolute atomic E-state index is 12.2. The highest BCUT2D eigenvalue weighted by atomic mass is 35.5. The Bertz CT molecular complexity index is 726. The topological polar surface area (TPSA) is 46.6 Å². The van der Waals surface area contributed by atoms with Crippen molar-refractivity contribution in [1.29, 1.82) is 0 Å². The van der Waals surface area contributed by atoms with E-state index in [0.717, 1.165) is 0 Å². The Morgan fingerprint density at radius 1 is 0.909 bits per heavy atom. The van der Waals surface area contributed by atoms with Gasteiger partial charge < -0.3 is 4.74 Å². The lowest BCUT2D eigenvalue weighted by molar-refractivity contribution is 0.0631. The molecule has 0 unspecified atom stereocenters. The van der Waals surface area contributed by atoms with E-state index in [1.54, 1.807) is 42.5 Å². The first-order valence-corrected chi connectivity index (χ1v) is 7.37. The third-order valence-corrected chi connectivity index (χ3v) is 4.17. The minimum Gasteiger partial charge on any atom is -0.490 e. The number of carbonyl (C=O) groups excluding carboxylic acids is 2. The molecule has 2 amide bonds. The highest BCUT2D eigenvalue weighted by molar-refractivity contribution is 6.42. The molecule has 1 aliphatic heterocycles. The molecule has 3 rings (SSSR count). The van der Waals surface area contributed by atoms with E-state index in [4.69, 9.17) is 27.9 Å². The average molecular weight is 336 g/mol. The summed E-state index contributed by atoms with van der Waals surface area (Å²) in [6.45, 7) is 0.292. The standard InChI is InChI=1S/C16H11Cl2NO3/c17-12-6-3-7-13(14(12)18)22-9-8-19-15(20)10-4-1-2-5-11(10)16(19)21/h1-7H,8-9H2. The van der Waals surface area contributed by atoms with Crippen molar-refractivity contribution in [1.82, 2.24) is 4.90 Å². The molecule has 0 saturated heterocycles. The van der Waals surface area contributed by atoms with Crippen molar-refractivity contribution in [2.45, 2.75) is 0 Å². The molecule has 2 aromatic carbocycles. The van der Waals surface area contributed by atoms with Crippen molar-refractivity contribution in [3.8, 4) is 5.75 Å². The molecule has 112 valence electrons. The highest BCUT2D eigenvalue weighted by Crippen LogP contribution is 2.31. The van der Waals surface area contributed by atoms with Gasteiger partial charge in [-0.2, -0.15) is 0 Å². The first-order valence-electron chi connectivity index (χ1n) is 6.61. The molecule has 2 aromatic rings. The molecular weight excluding hydrogens is 325 g/mol. The van der Waals surface area contributed by atoms with Crippen LogP contribution in [0, 0.1) is 0 Å². The van der Waals surface area contributed by atoms with Crippen LogP contribution in [0.2, 0.25) is 10.0 Å². The van der Waals surface area contributed by atoms with Crippen LogP contribution in [0.1, 0.15) is 20.7 Å². The van der Waals surface area contributed by atoms with E-state index < -0.39 is 0 Å². The quantitative estimate of drug-likeness (QED) is 0.801. The van der Waals surface area contributed by atoms with Gasteiger partial charge in [-0.3, -0.25) is 14.5 Å². The van der Waals surface area contributed by atoms with Crippen molar-refractivity contribution >= 4 is 35.0 Å². The fraction of sp³-hybridized carbons (Fsp3) is 0.125. The Labute approximate surface area is 137 Å². The number of ether oxygens (including phenoxy) is 1. The summed E-state index contributed by atoms with van der Waals surface area (Å²) >= 11 is 11.9. The summed E-state index contributed by atoms with van der Waals surface area (Å²) in [4.78, 5) is 25.5. The fourth-order valence-corrected chi connectivity index (χ4v) is 2.63. The van der Waals surface area contributed by atoms with Gasteiger partial charge in [0, 0.05) is 0 Å². The van der Waals surface area contributed by atoms with Crippen LogP contribution in [0.5, 0.6) is 5.75 Å². The summed E-state index contributed by atoms with van der Waals surface area (Å²) < 4.78 is 5.51. The molecule has 0 bridgehead atoms. The van der Waals surface area contributed by atoms with Gasteiger partial charge in [-0.15, -0.1) is 0 Å². The summed E-state index contributed by atoms with van der Waals surface area (Å²) in [7, 11) is 0. The molecule has 6 heteroatoms. The summed E-state index contributed by atoms with van der Waals surface area (Å²) in [5.74, 6) is -0.187. The molecule has 0 spiro atoms. The average Bonchev–Trinajstić information content (AvgIpc) is 2.77.